The molecule has 1 aromatic rings. The first kappa shape index (κ1) is 13.1. The summed E-state index contributed by atoms with van der Waals surface area (Å²) in [6, 6.07) is 2.67. The van der Waals surface area contributed by atoms with Crippen molar-refractivity contribution in [2.24, 2.45) is 0 Å². The highest BCUT2D eigenvalue weighted by Crippen LogP contribution is 2.16. The highest BCUT2D eigenvalue weighted by Gasteiger charge is 2.20. The third kappa shape index (κ3) is 2.90. The van der Waals surface area contributed by atoms with Crippen molar-refractivity contribution in [1.29, 1.82) is 0 Å². The van der Waals surface area contributed by atoms with Gasteiger partial charge in [-0.15, -0.1) is 0 Å². The molecule has 1 aromatic heterocycles. The van der Waals surface area contributed by atoms with Gasteiger partial charge in [-0.05, 0) is 19.4 Å². The minimum atomic E-state index is 0.686. The van der Waals surface area contributed by atoms with Crippen LogP contribution in [0, 0.1) is 0 Å². The quantitative estimate of drug-likeness (QED) is 0.874. The van der Waals surface area contributed by atoms with Gasteiger partial charge in [0, 0.05) is 45.5 Å². The summed E-state index contributed by atoms with van der Waals surface area (Å²) in [4.78, 5) is 13.5. The Bertz CT molecular complexity index is 373. The first-order valence-electron chi connectivity index (χ1n) is 6.74. The van der Waals surface area contributed by atoms with E-state index < -0.39 is 0 Å². The lowest BCUT2D eigenvalue weighted by Crippen LogP contribution is -2.49. The normalized spacial score (nSPS) is 18.7. The molecular formula is C13H23N5. The van der Waals surface area contributed by atoms with E-state index in [1.165, 1.54) is 6.42 Å². The molecule has 1 saturated heterocycles. The zero-order valence-corrected chi connectivity index (χ0v) is 11.6. The summed E-state index contributed by atoms with van der Waals surface area (Å²) in [5.41, 5.74) is 0. The average molecular weight is 249 g/mol. The third-order valence-electron chi connectivity index (χ3n) is 3.72. The molecule has 1 atom stereocenters. The lowest BCUT2D eigenvalue weighted by molar-refractivity contribution is 0.192. The van der Waals surface area contributed by atoms with Gasteiger partial charge in [-0.2, -0.15) is 4.98 Å². The zero-order valence-electron chi connectivity index (χ0n) is 11.6. The molecule has 0 saturated carbocycles. The van der Waals surface area contributed by atoms with Gasteiger partial charge in [0.2, 0.25) is 5.95 Å². The highest BCUT2D eigenvalue weighted by molar-refractivity contribution is 5.42. The molecule has 0 spiro atoms. The molecule has 1 unspecified atom stereocenters. The Morgan fingerprint density at radius 2 is 2.06 bits per heavy atom. The number of piperazine rings is 1. The Labute approximate surface area is 109 Å². The number of hydrogen-bond donors (Lipinski definition) is 1. The van der Waals surface area contributed by atoms with Crippen molar-refractivity contribution in [2.45, 2.75) is 26.3 Å². The van der Waals surface area contributed by atoms with Crippen LogP contribution in [0.2, 0.25) is 0 Å². The van der Waals surface area contributed by atoms with Crippen LogP contribution in [-0.4, -0.2) is 54.1 Å². The highest BCUT2D eigenvalue weighted by atomic mass is 15.3. The largest absolute Gasteiger partial charge is 0.357 e. The smallest absolute Gasteiger partial charge is 0.224 e. The van der Waals surface area contributed by atoms with Crippen molar-refractivity contribution in [3.63, 3.8) is 0 Å². The Kier molecular flexibility index (Phi) is 4.36. The lowest BCUT2D eigenvalue weighted by atomic mass is 10.2. The molecule has 0 aliphatic carbocycles. The fourth-order valence-corrected chi connectivity index (χ4v) is 2.30. The van der Waals surface area contributed by atoms with Gasteiger partial charge in [-0.25, -0.2) is 4.98 Å². The summed E-state index contributed by atoms with van der Waals surface area (Å²) in [6.07, 6.45) is 3.03. The van der Waals surface area contributed by atoms with E-state index in [0.717, 1.165) is 32.0 Å². The first-order valence-corrected chi connectivity index (χ1v) is 6.74. The summed E-state index contributed by atoms with van der Waals surface area (Å²) in [7, 11) is 1.85. The van der Waals surface area contributed by atoms with E-state index in [1.807, 2.05) is 19.3 Å². The molecule has 0 aromatic carbocycles. The van der Waals surface area contributed by atoms with Crippen molar-refractivity contribution in [1.82, 2.24) is 14.9 Å². The van der Waals surface area contributed by atoms with E-state index in [-0.39, 0.29) is 0 Å². The summed E-state index contributed by atoms with van der Waals surface area (Å²) in [6.45, 7) is 8.89. The maximum absolute atomic E-state index is 4.49. The summed E-state index contributed by atoms with van der Waals surface area (Å²) in [5.74, 6) is 1.72. The monoisotopic (exact) mass is 249 g/mol. The van der Waals surface area contributed by atoms with Crippen molar-refractivity contribution in [2.75, 3.05) is 43.4 Å². The topological polar surface area (TPSA) is 44.3 Å². The van der Waals surface area contributed by atoms with E-state index >= 15 is 0 Å². The summed E-state index contributed by atoms with van der Waals surface area (Å²) >= 11 is 0. The van der Waals surface area contributed by atoms with Crippen molar-refractivity contribution in [3.05, 3.63) is 12.3 Å². The van der Waals surface area contributed by atoms with Crippen LogP contribution in [-0.2, 0) is 0 Å². The molecule has 1 fully saturated rings. The van der Waals surface area contributed by atoms with Crippen molar-refractivity contribution in [3.8, 4) is 0 Å². The van der Waals surface area contributed by atoms with Crippen LogP contribution in [0.5, 0.6) is 0 Å². The van der Waals surface area contributed by atoms with Crippen molar-refractivity contribution >= 4 is 11.8 Å². The second-order valence-electron chi connectivity index (χ2n) is 4.77. The molecule has 0 radical (unpaired) electrons. The third-order valence-corrected chi connectivity index (χ3v) is 3.72. The van der Waals surface area contributed by atoms with E-state index in [2.05, 4.69) is 38.9 Å². The molecule has 1 aliphatic heterocycles. The Hall–Kier alpha value is -1.36. The summed E-state index contributed by atoms with van der Waals surface area (Å²) in [5, 5.41) is 2.98. The maximum Gasteiger partial charge on any atom is 0.224 e. The van der Waals surface area contributed by atoms with E-state index in [4.69, 9.17) is 0 Å². The van der Waals surface area contributed by atoms with Gasteiger partial charge in [-0.1, -0.05) is 6.92 Å². The Balaban J connectivity index is 1.96. The van der Waals surface area contributed by atoms with Gasteiger partial charge >= 0.3 is 0 Å². The van der Waals surface area contributed by atoms with E-state index in [1.54, 1.807) is 0 Å². The molecule has 0 bridgehead atoms. The summed E-state index contributed by atoms with van der Waals surface area (Å²) < 4.78 is 0. The molecule has 0 amide bonds. The second-order valence-corrected chi connectivity index (χ2v) is 4.77. The Morgan fingerprint density at radius 1 is 1.33 bits per heavy atom. The zero-order chi connectivity index (χ0) is 13.0. The fourth-order valence-electron chi connectivity index (χ4n) is 2.30. The standard InChI is InChI=1S/C13H23N5/c1-4-11(2)17-7-9-18(10-8-17)12-5-6-15-13(14-3)16-12/h5-6,11H,4,7-10H2,1-3H3,(H,14,15,16). The van der Waals surface area contributed by atoms with E-state index in [0.29, 0.717) is 12.0 Å². The number of anilines is 2. The molecule has 18 heavy (non-hydrogen) atoms. The van der Waals surface area contributed by atoms with Gasteiger partial charge in [0.1, 0.15) is 5.82 Å². The number of rotatable bonds is 4. The van der Waals surface area contributed by atoms with Gasteiger partial charge in [0.15, 0.2) is 0 Å². The molecule has 1 aliphatic rings. The van der Waals surface area contributed by atoms with Gasteiger partial charge in [0.05, 0.1) is 0 Å². The molecule has 5 heteroatoms. The van der Waals surface area contributed by atoms with Crippen LogP contribution in [0.25, 0.3) is 0 Å². The molecule has 2 heterocycles. The van der Waals surface area contributed by atoms with Crippen LogP contribution < -0.4 is 10.2 Å². The van der Waals surface area contributed by atoms with Crippen LogP contribution in [0.15, 0.2) is 12.3 Å². The lowest BCUT2D eigenvalue weighted by Gasteiger charge is -2.38. The van der Waals surface area contributed by atoms with E-state index in [9.17, 15) is 0 Å². The maximum atomic E-state index is 4.49. The van der Waals surface area contributed by atoms with Crippen molar-refractivity contribution < 1.29 is 0 Å². The molecule has 100 valence electrons. The Morgan fingerprint density at radius 3 is 2.67 bits per heavy atom. The minimum Gasteiger partial charge on any atom is -0.357 e. The predicted octanol–water partition coefficient (Wildman–Crippen LogP) is 1.44. The SMILES string of the molecule is CCC(C)N1CCN(c2ccnc(NC)n2)CC1. The molecule has 2 rings (SSSR count). The van der Waals surface area contributed by atoms with Gasteiger partial charge < -0.3 is 10.2 Å². The predicted molar refractivity (Wildman–Crippen MR) is 75.1 cm³/mol. The van der Waals surface area contributed by atoms with Gasteiger partial charge in [0.25, 0.3) is 0 Å². The molecule has 5 nitrogen and oxygen atoms in total. The first-order chi connectivity index (χ1) is 8.74. The van der Waals surface area contributed by atoms with Crippen LogP contribution in [0.1, 0.15) is 20.3 Å². The average Bonchev–Trinajstić information content (AvgIpc) is 2.46. The fraction of sp³-hybridized carbons (Fsp3) is 0.692. The minimum absolute atomic E-state index is 0.686. The van der Waals surface area contributed by atoms with Crippen LogP contribution >= 0.6 is 0 Å². The molecular weight excluding hydrogens is 226 g/mol. The number of nitrogens with zero attached hydrogens (tertiary/aromatic N) is 4. The molecule has 1 N–H and O–H groups in total. The second kappa shape index (κ2) is 6.00. The van der Waals surface area contributed by atoms with Crippen LogP contribution in [0.4, 0.5) is 11.8 Å². The number of aromatic nitrogens is 2. The van der Waals surface area contributed by atoms with Gasteiger partial charge in [-0.3, -0.25) is 4.90 Å². The number of hydrogen-bond acceptors (Lipinski definition) is 5. The van der Waals surface area contributed by atoms with Crippen LogP contribution in [0.3, 0.4) is 0 Å². The number of nitrogens with one attached hydrogen (secondary N) is 1.